The minimum Gasteiger partial charge on any atom is -0.326 e. The highest BCUT2D eigenvalue weighted by Gasteiger charge is 2.23. The van der Waals surface area contributed by atoms with Gasteiger partial charge >= 0.3 is 0 Å². The fourth-order valence-electron chi connectivity index (χ4n) is 3.15. The summed E-state index contributed by atoms with van der Waals surface area (Å²) < 4.78 is 14.2. The van der Waals surface area contributed by atoms with Crippen molar-refractivity contribution in [2.24, 2.45) is 11.7 Å². The molecule has 0 atom stereocenters. The summed E-state index contributed by atoms with van der Waals surface area (Å²) >= 11 is 0. The predicted molar refractivity (Wildman–Crippen MR) is 86.4 cm³/mol. The molecule has 1 aromatic carbocycles. The Kier molecular flexibility index (Phi) is 6.19. The molecule has 21 heavy (non-hydrogen) atoms. The molecular formula is C18H29FN2. The number of benzene rings is 1. The van der Waals surface area contributed by atoms with Crippen LogP contribution in [-0.4, -0.2) is 17.5 Å². The van der Waals surface area contributed by atoms with Crippen molar-refractivity contribution in [1.29, 1.82) is 0 Å². The molecule has 0 aliphatic heterocycles. The molecule has 1 aliphatic rings. The van der Waals surface area contributed by atoms with E-state index in [4.69, 9.17) is 5.73 Å². The summed E-state index contributed by atoms with van der Waals surface area (Å²) in [5.74, 6) is 0.587. The number of nitrogens with zero attached hydrogens (tertiary/aromatic N) is 1. The first kappa shape index (κ1) is 16.4. The molecule has 0 aromatic heterocycles. The average Bonchev–Trinajstić information content (AvgIpc) is 2.98. The summed E-state index contributed by atoms with van der Waals surface area (Å²) in [5, 5.41) is 0. The summed E-state index contributed by atoms with van der Waals surface area (Å²) in [4.78, 5) is 2.49. The van der Waals surface area contributed by atoms with Crippen LogP contribution >= 0.6 is 0 Å². The quantitative estimate of drug-likeness (QED) is 0.820. The molecule has 0 amide bonds. The second-order valence-corrected chi connectivity index (χ2v) is 6.72. The highest BCUT2D eigenvalue weighted by Crippen LogP contribution is 2.26. The van der Waals surface area contributed by atoms with Crippen molar-refractivity contribution in [3.8, 4) is 0 Å². The number of halogens is 1. The Morgan fingerprint density at radius 1 is 1.29 bits per heavy atom. The van der Waals surface area contributed by atoms with Crippen LogP contribution in [0.4, 0.5) is 4.39 Å². The van der Waals surface area contributed by atoms with Gasteiger partial charge in [-0.15, -0.1) is 0 Å². The van der Waals surface area contributed by atoms with E-state index in [0.29, 0.717) is 18.5 Å². The summed E-state index contributed by atoms with van der Waals surface area (Å²) in [6, 6.07) is 6.09. The third-order valence-electron chi connectivity index (χ3n) is 4.56. The van der Waals surface area contributed by atoms with Gasteiger partial charge in [0.1, 0.15) is 5.82 Å². The molecule has 118 valence electrons. The molecule has 2 rings (SSSR count). The van der Waals surface area contributed by atoms with Crippen molar-refractivity contribution in [2.75, 3.05) is 6.54 Å². The summed E-state index contributed by atoms with van der Waals surface area (Å²) in [5.41, 5.74) is 7.25. The molecule has 1 fully saturated rings. The SMILES string of the molecule is CC(C)CCN(Cc1ccc(CN)cc1F)C1CCCC1. The van der Waals surface area contributed by atoms with Crippen molar-refractivity contribution < 1.29 is 4.39 Å². The Bertz CT molecular complexity index is 439. The van der Waals surface area contributed by atoms with Gasteiger partial charge < -0.3 is 5.73 Å². The average molecular weight is 292 g/mol. The van der Waals surface area contributed by atoms with Crippen molar-refractivity contribution in [1.82, 2.24) is 4.90 Å². The van der Waals surface area contributed by atoms with Gasteiger partial charge in [-0.05, 0) is 43.4 Å². The first-order chi connectivity index (χ1) is 10.1. The van der Waals surface area contributed by atoms with Gasteiger partial charge in [-0.3, -0.25) is 4.90 Å². The maximum absolute atomic E-state index is 14.2. The molecule has 2 nitrogen and oxygen atoms in total. The monoisotopic (exact) mass is 292 g/mol. The van der Waals surface area contributed by atoms with E-state index in [2.05, 4.69) is 18.7 Å². The van der Waals surface area contributed by atoms with Gasteiger partial charge in [-0.2, -0.15) is 0 Å². The second kappa shape index (κ2) is 7.90. The van der Waals surface area contributed by atoms with E-state index in [1.807, 2.05) is 12.1 Å². The van der Waals surface area contributed by atoms with Crippen LogP contribution in [-0.2, 0) is 13.1 Å². The molecular weight excluding hydrogens is 263 g/mol. The smallest absolute Gasteiger partial charge is 0.128 e. The Labute approximate surface area is 128 Å². The van der Waals surface area contributed by atoms with Gasteiger partial charge in [-0.25, -0.2) is 4.39 Å². The Balaban J connectivity index is 2.06. The van der Waals surface area contributed by atoms with Crippen LogP contribution in [0, 0.1) is 11.7 Å². The molecule has 0 heterocycles. The van der Waals surface area contributed by atoms with E-state index in [9.17, 15) is 4.39 Å². The van der Waals surface area contributed by atoms with Gasteiger partial charge in [0.2, 0.25) is 0 Å². The van der Waals surface area contributed by atoms with E-state index >= 15 is 0 Å². The molecule has 3 heteroatoms. The Morgan fingerprint density at radius 2 is 2.00 bits per heavy atom. The standard InChI is InChI=1S/C18H29FN2/c1-14(2)9-10-21(17-5-3-4-6-17)13-16-8-7-15(12-20)11-18(16)19/h7-8,11,14,17H,3-6,9-10,12-13,20H2,1-2H3. The third kappa shape index (κ3) is 4.79. The highest BCUT2D eigenvalue weighted by atomic mass is 19.1. The summed E-state index contributed by atoms with van der Waals surface area (Å²) in [6.45, 7) is 6.71. The lowest BCUT2D eigenvalue weighted by molar-refractivity contribution is 0.177. The van der Waals surface area contributed by atoms with Gasteiger partial charge in [0.05, 0.1) is 0 Å². The van der Waals surface area contributed by atoms with E-state index in [0.717, 1.165) is 24.2 Å². The fourth-order valence-corrected chi connectivity index (χ4v) is 3.15. The first-order valence-corrected chi connectivity index (χ1v) is 8.31. The molecule has 0 unspecified atom stereocenters. The molecule has 1 aliphatic carbocycles. The maximum Gasteiger partial charge on any atom is 0.128 e. The normalized spacial score (nSPS) is 16.3. The summed E-state index contributed by atoms with van der Waals surface area (Å²) in [7, 11) is 0. The molecule has 0 saturated heterocycles. The predicted octanol–water partition coefficient (Wildman–Crippen LogP) is 4.08. The van der Waals surface area contributed by atoms with Gasteiger partial charge in [0.15, 0.2) is 0 Å². The second-order valence-electron chi connectivity index (χ2n) is 6.72. The first-order valence-electron chi connectivity index (χ1n) is 8.31. The number of hydrogen-bond donors (Lipinski definition) is 1. The minimum absolute atomic E-state index is 0.106. The summed E-state index contributed by atoms with van der Waals surface area (Å²) in [6.07, 6.45) is 6.34. The lowest BCUT2D eigenvalue weighted by Gasteiger charge is -2.29. The lowest BCUT2D eigenvalue weighted by atomic mass is 10.1. The molecule has 0 spiro atoms. The van der Waals surface area contributed by atoms with Gasteiger partial charge in [0.25, 0.3) is 0 Å². The zero-order chi connectivity index (χ0) is 15.2. The topological polar surface area (TPSA) is 29.3 Å². The van der Waals surface area contributed by atoms with Crippen molar-refractivity contribution in [2.45, 2.75) is 65.1 Å². The Morgan fingerprint density at radius 3 is 2.57 bits per heavy atom. The number of nitrogens with two attached hydrogens (primary N) is 1. The van der Waals surface area contributed by atoms with Crippen molar-refractivity contribution in [3.63, 3.8) is 0 Å². The van der Waals surface area contributed by atoms with Gasteiger partial charge in [0, 0.05) is 24.7 Å². The largest absolute Gasteiger partial charge is 0.326 e. The van der Waals surface area contributed by atoms with E-state index in [1.54, 1.807) is 6.07 Å². The van der Waals surface area contributed by atoms with Crippen LogP contribution in [0.2, 0.25) is 0 Å². The number of rotatable bonds is 7. The lowest BCUT2D eigenvalue weighted by Crippen LogP contribution is -2.34. The van der Waals surface area contributed by atoms with E-state index in [-0.39, 0.29) is 5.82 Å². The van der Waals surface area contributed by atoms with E-state index in [1.165, 1.54) is 32.1 Å². The fraction of sp³-hybridized carbons (Fsp3) is 0.667. The van der Waals surface area contributed by atoms with Crippen LogP contribution in [0.5, 0.6) is 0 Å². The van der Waals surface area contributed by atoms with Crippen LogP contribution in [0.15, 0.2) is 18.2 Å². The number of hydrogen-bond acceptors (Lipinski definition) is 2. The third-order valence-corrected chi connectivity index (χ3v) is 4.56. The van der Waals surface area contributed by atoms with Crippen molar-refractivity contribution in [3.05, 3.63) is 35.1 Å². The highest BCUT2D eigenvalue weighted by molar-refractivity contribution is 5.24. The minimum atomic E-state index is -0.106. The molecule has 1 saturated carbocycles. The molecule has 0 radical (unpaired) electrons. The van der Waals surface area contributed by atoms with Crippen molar-refractivity contribution >= 4 is 0 Å². The van der Waals surface area contributed by atoms with Crippen LogP contribution < -0.4 is 5.73 Å². The van der Waals surface area contributed by atoms with Crippen LogP contribution in [0.25, 0.3) is 0 Å². The zero-order valence-electron chi connectivity index (χ0n) is 13.4. The zero-order valence-corrected chi connectivity index (χ0v) is 13.4. The van der Waals surface area contributed by atoms with E-state index < -0.39 is 0 Å². The van der Waals surface area contributed by atoms with Crippen LogP contribution in [0.1, 0.15) is 57.1 Å². The maximum atomic E-state index is 14.2. The molecule has 0 bridgehead atoms. The molecule has 1 aromatic rings. The Hall–Kier alpha value is -0.930. The molecule has 2 N–H and O–H groups in total. The van der Waals surface area contributed by atoms with Crippen LogP contribution in [0.3, 0.4) is 0 Å². The van der Waals surface area contributed by atoms with Gasteiger partial charge in [-0.1, -0.05) is 38.8 Å².